The van der Waals surface area contributed by atoms with Crippen molar-refractivity contribution in [2.45, 2.75) is 45.3 Å². The van der Waals surface area contributed by atoms with Crippen molar-refractivity contribution in [3.05, 3.63) is 32.3 Å². The summed E-state index contributed by atoms with van der Waals surface area (Å²) in [6.45, 7) is 5.31. The van der Waals surface area contributed by atoms with Crippen molar-refractivity contribution in [3.8, 4) is 0 Å². The number of Topliss-reactive ketones (excluding diaryl/α,β-unsaturated/α-hetero) is 1. The highest BCUT2D eigenvalue weighted by molar-refractivity contribution is 9.10. The lowest BCUT2D eigenvalue weighted by Crippen LogP contribution is -2.37. The lowest BCUT2D eigenvalue weighted by atomic mass is 10.0. The van der Waals surface area contributed by atoms with Crippen LogP contribution in [0.25, 0.3) is 10.9 Å². The van der Waals surface area contributed by atoms with Crippen LogP contribution in [0.5, 0.6) is 0 Å². The molecular weight excluding hydrogens is 417 g/mol. The van der Waals surface area contributed by atoms with Crippen LogP contribution in [0.15, 0.2) is 16.6 Å². The van der Waals surface area contributed by atoms with Crippen LogP contribution >= 0.6 is 39.1 Å². The Morgan fingerprint density at radius 2 is 1.96 bits per heavy atom. The number of ketones is 1. The quantitative estimate of drug-likeness (QED) is 0.357. The number of benzene rings is 1. The molecule has 2 heterocycles. The minimum absolute atomic E-state index is 0.179. The molecule has 0 fully saturated rings. The van der Waals surface area contributed by atoms with Gasteiger partial charge in [-0.25, -0.2) is 4.79 Å². The molecule has 1 unspecified atom stereocenters. The Labute approximate surface area is 158 Å². The van der Waals surface area contributed by atoms with Gasteiger partial charge in [-0.05, 0) is 39.3 Å². The fourth-order valence-corrected chi connectivity index (χ4v) is 4.07. The Kier molecular flexibility index (Phi) is 4.47. The number of carbonyl (C=O) groups excluding carboxylic acids is 2. The molecule has 128 valence electrons. The molecule has 0 aliphatic carbocycles. The number of aryl methyl sites for hydroxylation is 1. The summed E-state index contributed by atoms with van der Waals surface area (Å²) in [5, 5.41) is 1.50. The molecule has 0 N–H and O–H groups in total. The number of carbonyl (C=O) groups is 2. The molecule has 1 aromatic heterocycles. The summed E-state index contributed by atoms with van der Waals surface area (Å²) in [6, 6.07) is 2.61. The molecule has 2 aromatic rings. The van der Waals surface area contributed by atoms with Crippen LogP contribution in [0.3, 0.4) is 0 Å². The predicted molar refractivity (Wildman–Crippen MR) is 97.9 cm³/mol. The summed E-state index contributed by atoms with van der Waals surface area (Å²) in [5.74, 6) is -0.750. The van der Waals surface area contributed by atoms with E-state index >= 15 is 0 Å². The van der Waals surface area contributed by atoms with Gasteiger partial charge in [0.1, 0.15) is 5.60 Å². The van der Waals surface area contributed by atoms with Gasteiger partial charge in [-0.1, -0.05) is 39.1 Å². The minimum Gasteiger partial charge on any atom is -0.458 e. The number of hydrogen-bond donors (Lipinski definition) is 0. The van der Waals surface area contributed by atoms with Gasteiger partial charge in [-0.3, -0.25) is 4.79 Å². The minimum atomic E-state index is -1.03. The lowest BCUT2D eigenvalue weighted by Gasteiger charge is -2.28. The van der Waals surface area contributed by atoms with Crippen molar-refractivity contribution < 1.29 is 14.3 Å². The number of ether oxygens (including phenoxy) is 1. The van der Waals surface area contributed by atoms with Gasteiger partial charge in [0.05, 0.1) is 15.6 Å². The lowest BCUT2D eigenvalue weighted by molar-refractivity contribution is -0.161. The first-order valence-electron chi connectivity index (χ1n) is 7.53. The number of fused-ring (bicyclic) bond motifs is 3. The fourth-order valence-electron chi connectivity index (χ4n) is 2.96. The van der Waals surface area contributed by atoms with Gasteiger partial charge in [-0.15, -0.1) is 0 Å². The van der Waals surface area contributed by atoms with Gasteiger partial charge in [-0.2, -0.15) is 0 Å². The number of rotatable bonds is 1. The first-order valence-corrected chi connectivity index (χ1v) is 9.08. The SMILES string of the molecule is CC(C)(C)OC(=O)C1C(=O)CCc2cc3c(Br)cc(Cl)c(Cl)c3n21. The third-order valence-corrected chi connectivity index (χ3v) is 5.30. The topological polar surface area (TPSA) is 48.3 Å². The molecule has 0 radical (unpaired) electrons. The molecule has 0 saturated heterocycles. The molecule has 0 bridgehead atoms. The summed E-state index contributed by atoms with van der Waals surface area (Å²) in [5.41, 5.74) is 0.764. The van der Waals surface area contributed by atoms with E-state index in [0.717, 1.165) is 15.6 Å². The largest absolute Gasteiger partial charge is 0.458 e. The van der Waals surface area contributed by atoms with E-state index in [0.29, 0.717) is 28.4 Å². The molecule has 7 heteroatoms. The monoisotopic (exact) mass is 431 g/mol. The Morgan fingerprint density at radius 3 is 2.58 bits per heavy atom. The standard InChI is InChI=1S/C17H16BrCl2NO3/c1-17(2,3)24-16(23)15-12(22)5-4-8-6-9-10(18)7-11(19)13(20)14(9)21(8)15/h6-7,15H,4-5H2,1-3H3. The van der Waals surface area contributed by atoms with Crippen molar-refractivity contribution in [2.24, 2.45) is 0 Å². The van der Waals surface area contributed by atoms with Crippen LogP contribution in [0.4, 0.5) is 0 Å². The van der Waals surface area contributed by atoms with E-state index in [1.165, 1.54) is 0 Å². The number of esters is 1. The maximum Gasteiger partial charge on any atom is 0.337 e. The zero-order valence-corrected chi connectivity index (χ0v) is 16.5. The molecule has 1 aliphatic heterocycles. The van der Waals surface area contributed by atoms with Gasteiger partial charge in [0.15, 0.2) is 11.8 Å². The maximum atomic E-state index is 12.7. The Bertz CT molecular complexity index is 867. The van der Waals surface area contributed by atoms with E-state index in [1.807, 2.05) is 6.07 Å². The molecule has 0 saturated carbocycles. The normalized spacial score (nSPS) is 17.9. The zero-order chi connectivity index (χ0) is 17.8. The molecular formula is C17H16BrCl2NO3. The van der Waals surface area contributed by atoms with Crippen LogP contribution in [0.1, 0.15) is 38.9 Å². The average Bonchev–Trinajstić information content (AvgIpc) is 2.82. The van der Waals surface area contributed by atoms with E-state index < -0.39 is 17.6 Å². The number of nitrogens with zero attached hydrogens (tertiary/aromatic N) is 1. The van der Waals surface area contributed by atoms with E-state index in [-0.39, 0.29) is 5.78 Å². The average molecular weight is 433 g/mol. The van der Waals surface area contributed by atoms with Crippen molar-refractivity contribution in [1.82, 2.24) is 4.57 Å². The van der Waals surface area contributed by atoms with Crippen LogP contribution in [0, 0.1) is 0 Å². The van der Waals surface area contributed by atoms with E-state index in [9.17, 15) is 9.59 Å². The second-order valence-electron chi connectivity index (χ2n) is 6.82. The Morgan fingerprint density at radius 1 is 1.29 bits per heavy atom. The number of aromatic nitrogens is 1. The summed E-state index contributed by atoms with van der Waals surface area (Å²) in [6.07, 6.45) is 0.844. The van der Waals surface area contributed by atoms with Gasteiger partial charge < -0.3 is 9.30 Å². The molecule has 3 rings (SSSR count). The summed E-state index contributed by atoms with van der Waals surface area (Å²) >= 11 is 16.0. The predicted octanol–water partition coefficient (Wildman–Crippen LogP) is 5.11. The van der Waals surface area contributed by atoms with Crippen molar-refractivity contribution >= 4 is 61.8 Å². The first-order chi connectivity index (χ1) is 11.1. The number of halogens is 3. The third kappa shape index (κ3) is 2.98. The van der Waals surface area contributed by atoms with E-state index in [4.69, 9.17) is 27.9 Å². The van der Waals surface area contributed by atoms with Crippen molar-refractivity contribution in [1.29, 1.82) is 0 Å². The van der Waals surface area contributed by atoms with E-state index in [1.54, 1.807) is 31.4 Å². The van der Waals surface area contributed by atoms with Crippen molar-refractivity contribution in [3.63, 3.8) is 0 Å². The van der Waals surface area contributed by atoms with Crippen molar-refractivity contribution in [2.75, 3.05) is 0 Å². The highest BCUT2D eigenvalue weighted by atomic mass is 79.9. The summed E-state index contributed by atoms with van der Waals surface area (Å²) < 4.78 is 7.90. The fraction of sp³-hybridized carbons (Fsp3) is 0.412. The van der Waals surface area contributed by atoms with Gasteiger partial charge in [0, 0.05) is 22.0 Å². The van der Waals surface area contributed by atoms with Crippen LogP contribution in [-0.2, 0) is 20.7 Å². The van der Waals surface area contributed by atoms with Crippen LogP contribution in [-0.4, -0.2) is 21.9 Å². The van der Waals surface area contributed by atoms with Gasteiger partial charge >= 0.3 is 5.97 Å². The Hall–Kier alpha value is -1.04. The van der Waals surface area contributed by atoms with Crippen LogP contribution in [0.2, 0.25) is 10.0 Å². The first kappa shape index (κ1) is 17.8. The Balaban J connectivity index is 2.24. The highest BCUT2D eigenvalue weighted by Crippen LogP contribution is 2.41. The molecule has 1 atom stereocenters. The smallest absolute Gasteiger partial charge is 0.337 e. The van der Waals surface area contributed by atoms with Gasteiger partial charge in [0.25, 0.3) is 0 Å². The molecule has 24 heavy (non-hydrogen) atoms. The highest BCUT2D eigenvalue weighted by Gasteiger charge is 2.38. The molecule has 1 aliphatic rings. The third-order valence-electron chi connectivity index (χ3n) is 3.87. The molecule has 0 spiro atoms. The molecule has 4 nitrogen and oxygen atoms in total. The zero-order valence-electron chi connectivity index (χ0n) is 13.5. The summed E-state index contributed by atoms with van der Waals surface area (Å²) in [7, 11) is 0. The second-order valence-corrected chi connectivity index (χ2v) is 8.46. The van der Waals surface area contributed by atoms with E-state index in [2.05, 4.69) is 15.9 Å². The molecule has 0 amide bonds. The summed E-state index contributed by atoms with van der Waals surface area (Å²) in [4.78, 5) is 25.2. The van der Waals surface area contributed by atoms with Crippen LogP contribution < -0.4 is 0 Å². The molecule has 1 aromatic carbocycles. The van der Waals surface area contributed by atoms with Gasteiger partial charge in [0.2, 0.25) is 0 Å². The number of hydrogen-bond acceptors (Lipinski definition) is 3. The maximum absolute atomic E-state index is 12.7. The second kappa shape index (κ2) is 6.04.